The minimum Gasteiger partial charge on any atom is -0.339 e. The average Bonchev–Trinajstić information content (AvgIpc) is 2.28. The van der Waals surface area contributed by atoms with E-state index < -0.39 is 0 Å². The highest BCUT2D eigenvalue weighted by Gasteiger charge is 2.30. The van der Waals surface area contributed by atoms with Crippen LogP contribution in [0.5, 0.6) is 0 Å². The van der Waals surface area contributed by atoms with Gasteiger partial charge in [0.25, 0.3) is 0 Å². The molecule has 0 N–H and O–H groups in total. The summed E-state index contributed by atoms with van der Waals surface area (Å²) in [7, 11) is 0. The van der Waals surface area contributed by atoms with Gasteiger partial charge in [-0.1, -0.05) is 49.0 Å². The first-order chi connectivity index (χ1) is 7.70. The zero-order valence-corrected chi connectivity index (χ0v) is 12.1. The molecule has 1 heterocycles. The molecule has 0 saturated carbocycles. The van der Waals surface area contributed by atoms with Gasteiger partial charge in [0.1, 0.15) is 0 Å². The van der Waals surface area contributed by atoms with Crippen LogP contribution < -0.4 is 0 Å². The van der Waals surface area contributed by atoms with Gasteiger partial charge in [0.2, 0.25) is 5.91 Å². The van der Waals surface area contributed by atoms with Gasteiger partial charge in [-0.05, 0) is 25.7 Å². The van der Waals surface area contributed by atoms with Gasteiger partial charge < -0.3 is 4.90 Å². The van der Waals surface area contributed by atoms with Crippen LogP contribution in [0, 0.1) is 0 Å². The molecule has 94 valence electrons. The predicted molar refractivity (Wildman–Crippen MR) is 71.9 cm³/mol. The maximum atomic E-state index is 12.1. The van der Waals surface area contributed by atoms with Crippen molar-refractivity contribution in [3.8, 4) is 0 Å². The molecule has 1 rings (SSSR count). The summed E-state index contributed by atoms with van der Waals surface area (Å²) < 4.78 is 0. The van der Waals surface area contributed by atoms with Crippen LogP contribution in [0.25, 0.3) is 0 Å². The van der Waals surface area contributed by atoms with E-state index >= 15 is 0 Å². The molecule has 1 amide bonds. The number of rotatable bonds is 6. The van der Waals surface area contributed by atoms with E-state index in [0.717, 1.165) is 25.8 Å². The highest BCUT2D eigenvalue weighted by Crippen LogP contribution is 2.24. The van der Waals surface area contributed by atoms with Crippen LogP contribution in [0.4, 0.5) is 0 Å². The number of nitrogens with zero attached hydrogens (tertiary/aromatic N) is 1. The smallest absolute Gasteiger partial charge is 0.236 e. The second-order valence-electron chi connectivity index (χ2n) is 4.73. The number of amides is 1. The van der Waals surface area contributed by atoms with Gasteiger partial charge in [-0.2, -0.15) is 0 Å². The summed E-state index contributed by atoms with van der Waals surface area (Å²) in [5, 5.41) is 0. The molecule has 16 heavy (non-hydrogen) atoms. The van der Waals surface area contributed by atoms with Crippen LogP contribution in [0.1, 0.15) is 58.8 Å². The Labute approximate surface area is 108 Å². The Morgan fingerprint density at radius 3 is 2.75 bits per heavy atom. The summed E-state index contributed by atoms with van der Waals surface area (Å²) in [5.41, 5.74) is 0. The van der Waals surface area contributed by atoms with Gasteiger partial charge in [-0.15, -0.1) is 0 Å². The van der Waals surface area contributed by atoms with E-state index in [9.17, 15) is 4.79 Å². The number of carbonyl (C=O) groups excluding carboxylic acids is 1. The molecule has 0 aromatic heterocycles. The second kappa shape index (κ2) is 7.31. The number of carbonyl (C=O) groups is 1. The number of halogens is 1. The van der Waals surface area contributed by atoms with Crippen molar-refractivity contribution >= 4 is 21.8 Å². The lowest BCUT2D eigenvalue weighted by Crippen LogP contribution is -2.47. The third-order valence-electron chi connectivity index (χ3n) is 3.36. The molecule has 3 heteroatoms. The van der Waals surface area contributed by atoms with E-state index in [-0.39, 0.29) is 4.83 Å². The number of hydrogen-bond donors (Lipinski definition) is 0. The van der Waals surface area contributed by atoms with Gasteiger partial charge >= 0.3 is 0 Å². The standard InChI is InChI=1S/C13H24BrNO/c1-3-5-8-11(7-4-2)15-10-6-9-12(14)13(15)16/h11-12H,3-10H2,1-2H3. The van der Waals surface area contributed by atoms with Crippen LogP contribution in [0.2, 0.25) is 0 Å². The fourth-order valence-electron chi connectivity index (χ4n) is 2.45. The third kappa shape index (κ3) is 3.76. The summed E-state index contributed by atoms with van der Waals surface area (Å²) in [4.78, 5) is 14.3. The van der Waals surface area contributed by atoms with Crippen molar-refractivity contribution in [2.24, 2.45) is 0 Å². The minimum atomic E-state index is 0.0715. The topological polar surface area (TPSA) is 20.3 Å². The maximum Gasteiger partial charge on any atom is 0.236 e. The maximum absolute atomic E-state index is 12.1. The molecule has 0 aromatic rings. The molecule has 0 radical (unpaired) electrons. The van der Waals surface area contributed by atoms with Crippen molar-refractivity contribution in [3.63, 3.8) is 0 Å². The van der Waals surface area contributed by atoms with Gasteiger partial charge in [0.15, 0.2) is 0 Å². The van der Waals surface area contributed by atoms with Crippen molar-refractivity contribution in [2.75, 3.05) is 6.54 Å². The van der Waals surface area contributed by atoms with Crippen LogP contribution >= 0.6 is 15.9 Å². The molecule has 2 atom stereocenters. The molecule has 1 aliphatic heterocycles. The fourth-order valence-corrected chi connectivity index (χ4v) is 3.03. The number of likely N-dealkylation sites (tertiary alicyclic amines) is 1. The molecule has 2 unspecified atom stereocenters. The van der Waals surface area contributed by atoms with E-state index in [1.54, 1.807) is 0 Å². The molecule has 0 aliphatic carbocycles. The van der Waals surface area contributed by atoms with Crippen molar-refractivity contribution in [2.45, 2.75) is 69.7 Å². The van der Waals surface area contributed by atoms with Gasteiger partial charge in [0.05, 0.1) is 4.83 Å². The third-order valence-corrected chi connectivity index (χ3v) is 4.21. The van der Waals surface area contributed by atoms with Crippen LogP contribution in [0.3, 0.4) is 0 Å². The SMILES string of the molecule is CCCCC(CCC)N1CCCC(Br)C1=O. The highest BCUT2D eigenvalue weighted by molar-refractivity contribution is 9.10. The summed E-state index contributed by atoms with van der Waals surface area (Å²) in [5.74, 6) is 0.320. The molecular weight excluding hydrogens is 266 g/mol. The first-order valence-electron chi connectivity index (χ1n) is 6.65. The lowest BCUT2D eigenvalue weighted by Gasteiger charge is -2.36. The second-order valence-corrected chi connectivity index (χ2v) is 5.83. The number of hydrogen-bond acceptors (Lipinski definition) is 1. The molecule has 0 aromatic carbocycles. The highest BCUT2D eigenvalue weighted by atomic mass is 79.9. The Balaban J connectivity index is 2.57. The van der Waals surface area contributed by atoms with E-state index in [1.807, 2.05) is 0 Å². The minimum absolute atomic E-state index is 0.0715. The zero-order valence-electron chi connectivity index (χ0n) is 10.5. The predicted octanol–water partition coefficient (Wildman–Crippen LogP) is 3.73. The van der Waals surface area contributed by atoms with E-state index in [1.165, 1.54) is 25.7 Å². The molecule has 0 bridgehead atoms. The van der Waals surface area contributed by atoms with Crippen LogP contribution in [0.15, 0.2) is 0 Å². The summed E-state index contributed by atoms with van der Waals surface area (Å²) in [6, 6.07) is 0.484. The zero-order chi connectivity index (χ0) is 12.0. The molecule has 0 spiro atoms. The van der Waals surface area contributed by atoms with E-state index in [2.05, 4.69) is 34.7 Å². The summed E-state index contributed by atoms with van der Waals surface area (Å²) in [6.07, 6.45) is 8.11. The van der Waals surface area contributed by atoms with Crippen molar-refractivity contribution in [1.82, 2.24) is 4.90 Å². The van der Waals surface area contributed by atoms with Gasteiger partial charge in [-0.3, -0.25) is 4.79 Å². The van der Waals surface area contributed by atoms with Crippen LogP contribution in [-0.4, -0.2) is 28.2 Å². The van der Waals surface area contributed by atoms with Gasteiger partial charge in [0, 0.05) is 12.6 Å². The van der Waals surface area contributed by atoms with E-state index in [4.69, 9.17) is 0 Å². The molecule has 1 aliphatic rings. The lowest BCUT2D eigenvalue weighted by atomic mass is 10.00. The molecule has 2 nitrogen and oxygen atoms in total. The van der Waals surface area contributed by atoms with Crippen LogP contribution in [-0.2, 0) is 4.79 Å². The van der Waals surface area contributed by atoms with Crippen molar-refractivity contribution in [3.05, 3.63) is 0 Å². The monoisotopic (exact) mass is 289 g/mol. The Morgan fingerprint density at radius 2 is 2.12 bits per heavy atom. The van der Waals surface area contributed by atoms with Crippen molar-refractivity contribution in [1.29, 1.82) is 0 Å². The summed E-state index contributed by atoms with van der Waals surface area (Å²) in [6.45, 7) is 5.39. The van der Waals surface area contributed by atoms with Gasteiger partial charge in [-0.25, -0.2) is 0 Å². The largest absolute Gasteiger partial charge is 0.339 e. The first-order valence-corrected chi connectivity index (χ1v) is 7.56. The van der Waals surface area contributed by atoms with E-state index in [0.29, 0.717) is 11.9 Å². The number of unbranched alkanes of at least 4 members (excludes halogenated alkanes) is 1. The average molecular weight is 290 g/mol. The van der Waals surface area contributed by atoms with Crippen molar-refractivity contribution < 1.29 is 4.79 Å². The Kier molecular flexibility index (Phi) is 6.40. The fraction of sp³-hybridized carbons (Fsp3) is 0.923. The lowest BCUT2D eigenvalue weighted by molar-refractivity contribution is -0.135. The number of alkyl halides is 1. The Morgan fingerprint density at radius 1 is 1.38 bits per heavy atom. The Bertz CT molecular complexity index is 220. The first kappa shape index (κ1) is 14.0. The molecule has 1 saturated heterocycles. The Hall–Kier alpha value is -0.0500. The quantitative estimate of drug-likeness (QED) is 0.683. The number of piperidine rings is 1. The molecule has 1 fully saturated rings. The normalized spacial score (nSPS) is 23.6. The summed E-state index contributed by atoms with van der Waals surface area (Å²) >= 11 is 3.49. The molecular formula is C13H24BrNO.